The van der Waals surface area contributed by atoms with E-state index in [0.717, 1.165) is 11.1 Å². The summed E-state index contributed by atoms with van der Waals surface area (Å²) in [6, 6.07) is 16.4. The van der Waals surface area contributed by atoms with E-state index in [4.69, 9.17) is 9.84 Å². The van der Waals surface area contributed by atoms with Crippen LogP contribution in [0.2, 0.25) is 0 Å². The third kappa shape index (κ3) is 6.16. The summed E-state index contributed by atoms with van der Waals surface area (Å²) < 4.78 is 5.02. The van der Waals surface area contributed by atoms with Crippen LogP contribution in [0.4, 0.5) is 0 Å². The van der Waals surface area contributed by atoms with Gasteiger partial charge in [0.05, 0.1) is 17.6 Å². The van der Waals surface area contributed by atoms with E-state index >= 15 is 0 Å². The first-order valence-corrected chi connectivity index (χ1v) is 8.94. The fourth-order valence-electron chi connectivity index (χ4n) is 2.77. The molecule has 0 aromatic heterocycles. The van der Waals surface area contributed by atoms with Crippen molar-refractivity contribution in [1.29, 1.82) is 0 Å². The molecule has 3 atom stereocenters. The predicted molar refractivity (Wildman–Crippen MR) is 102 cm³/mol. The van der Waals surface area contributed by atoms with Crippen molar-refractivity contribution >= 4 is 11.9 Å². The van der Waals surface area contributed by atoms with Gasteiger partial charge in [-0.15, -0.1) is 0 Å². The molecule has 2 rings (SSSR count). The van der Waals surface area contributed by atoms with Crippen molar-refractivity contribution in [2.24, 2.45) is 5.92 Å². The maximum Gasteiger partial charge on any atom is 0.338 e. The molecule has 0 bridgehead atoms. The Morgan fingerprint density at radius 3 is 2.11 bits per heavy atom. The molecule has 0 radical (unpaired) electrons. The molecular formula is C21H24O7. The quantitative estimate of drug-likeness (QED) is 0.457. The monoisotopic (exact) mass is 388 g/mol. The maximum absolute atomic E-state index is 12.2. The van der Waals surface area contributed by atoms with Crippen molar-refractivity contribution in [3.63, 3.8) is 0 Å². The van der Waals surface area contributed by atoms with Crippen LogP contribution in [0.25, 0.3) is 11.1 Å². The Labute approximate surface area is 162 Å². The lowest BCUT2D eigenvalue weighted by Gasteiger charge is -2.21. The Kier molecular flexibility index (Phi) is 8.13. The first-order valence-electron chi connectivity index (χ1n) is 8.94. The second-order valence-corrected chi connectivity index (χ2v) is 6.46. The van der Waals surface area contributed by atoms with E-state index in [1.54, 1.807) is 24.3 Å². The van der Waals surface area contributed by atoms with Gasteiger partial charge < -0.3 is 25.2 Å². The summed E-state index contributed by atoms with van der Waals surface area (Å²) in [6.45, 7) is -0.806. The van der Waals surface area contributed by atoms with Gasteiger partial charge in [0.1, 0.15) is 12.7 Å². The highest BCUT2D eigenvalue weighted by Crippen LogP contribution is 2.20. The molecule has 7 heteroatoms. The normalized spacial score (nSPS) is 14.1. The molecule has 4 N–H and O–H groups in total. The summed E-state index contributed by atoms with van der Waals surface area (Å²) in [4.78, 5) is 23.4. The number of aliphatic carboxylic acids is 1. The van der Waals surface area contributed by atoms with E-state index in [9.17, 15) is 24.9 Å². The maximum atomic E-state index is 12.2. The van der Waals surface area contributed by atoms with Gasteiger partial charge in [0.15, 0.2) is 0 Å². The van der Waals surface area contributed by atoms with Crippen LogP contribution < -0.4 is 0 Å². The molecule has 28 heavy (non-hydrogen) atoms. The molecule has 0 heterocycles. The average molecular weight is 388 g/mol. The Morgan fingerprint density at radius 2 is 1.54 bits per heavy atom. The minimum atomic E-state index is -1.47. The summed E-state index contributed by atoms with van der Waals surface area (Å²) in [5.74, 6) is -3.30. The number of carboxylic acid groups (broad SMARTS) is 1. The molecule has 0 aliphatic carbocycles. The van der Waals surface area contributed by atoms with E-state index in [0.29, 0.717) is 0 Å². The van der Waals surface area contributed by atoms with E-state index in [2.05, 4.69) is 0 Å². The first kappa shape index (κ1) is 21.6. The number of hydrogen-bond donors (Lipinski definition) is 4. The number of carbonyl (C=O) groups excluding carboxylic acids is 1. The Bertz CT molecular complexity index is 758. The number of ether oxygens (including phenoxy) is 1. The average Bonchev–Trinajstić information content (AvgIpc) is 2.70. The van der Waals surface area contributed by atoms with Gasteiger partial charge in [-0.3, -0.25) is 4.79 Å². The summed E-state index contributed by atoms with van der Waals surface area (Å²) >= 11 is 0. The number of aliphatic hydroxyl groups excluding tert-OH is 3. The van der Waals surface area contributed by atoms with Gasteiger partial charge in [0, 0.05) is 6.61 Å². The summed E-state index contributed by atoms with van der Waals surface area (Å²) in [6.07, 6.45) is -2.79. The number of benzene rings is 2. The highest BCUT2D eigenvalue weighted by molar-refractivity contribution is 5.90. The third-order valence-corrected chi connectivity index (χ3v) is 4.38. The van der Waals surface area contributed by atoms with Crippen LogP contribution in [0.5, 0.6) is 0 Å². The van der Waals surface area contributed by atoms with Crippen molar-refractivity contribution in [2.45, 2.75) is 25.0 Å². The van der Waals surface area contributed by atoms with Gasteiger partial charge in [-0.2, -0.15) is 0 Å². The van der Waals surface area contributed by atoms with Crippen LogP contribution in [-0.2, 0) is 9.53 Å². The standard InChI is InChI=1S/C21H24O7/c22-11-10-17(23)12-18(20(25)26)19(24)13-28-21(27)16-8-6-15(7-9-16)14-4-2-1-3-5-14/h1-9,17-19,22-24H,10-13H2,(H,25,26). The number of hydrogen-bond acceptors (Lipinski definition) is 6. The number of esters is 1. The molecule has 7 nitrogen and oxygen atoms in total. The van der Waals surface area contributed by atoms with Crippen LogP contribution in [0.1, 0.15) is 23.2 Å². The minimum absolute atomic E-state index is 0.00402. The molecule has 0 aliphatic heterocycles. The largest absolute Gasteiger partial charge is 0.481 e. The number of aliphatic hydroxyl groups is 3. The lowest BCUT2D eigenvalue weighted by molar-refractivity contribution is -0.148. The van der Waals surface area contributed by atoms with Gasteiger partial charge in [-0.25, -0.2) is 4.79 Å². The first-order chi connectivity index (χ1) is 13.4. The fraction of sp³-hybridized carbons (Fsp3) is 0.333. The molecule has 0 fully saturated rings. The van der Waals surface area contributed by atoms with Crippen molar-refractivity contribution < 1.29 is 34.8 Å². The smallest absolute Gasteiger partial charge is 0.338 e. The van der Waals surface area contributed by atoms with Crippen molar-refractivity contribution in [2.75, 3.05) is 13.2 Å². The minimum Gasteiger partial charge on any atom is -0.481 e. The zero-order valence-electron chi connectivity index (χ0n) is 15.3. The molecule has 0 amide bonds. The molecule has 2 aromatic rings. The zero-order chi connectivity index (χ0) is 20.5. The molecule has 150 valence electrons. The van der Waals surface area contributed by atoms with Gasteiger partial charge in [0.25, 0.3) is 0 Å². The van der Waals surface area contributed by atoms with E-state index in [-0.39, 0.29) is 25.0 Å². The second kappa shape index (κ2) is 10.6. The van der Waals surface area contributed by atoms with Crippen LogP contribution in [0, 0.1) is 5.92 Å². The number of rotatable bonds is 10. The molecule has 0 saturated carbocycles. The Hall–Kier alpha value is -2.74. The van der Waals surface area contributed by atoms with Gasteiger partial charge >= 0.3 is 11.9 Å². The van der Waals surface area contributed by atoms with E-state index < -0.39 is 36.7 Å². The predicted octanol–water partition coefficient (Wildman–Crippen LogP) is 1.71. The summed E-state index contributed by atoms with van der Waals surface area (Å²) in [5, 5.41) is 37.7. The molecule has 0 spiro atoms. The summed E-state index contributed by atoms with van der Waals surface area (Å²) in [5.41, 5.74) is 2.21. The molecule has 0 saturated heterocycles. The SMILES string of the molecule is O=C(OCC(O)C(CC(O)CCO)C(=O)O)c1ccc(-c2ccccc2)cc1. The van der Waals surface area contributed by atoms with Crippen molar-refractivity contribution in [3.8, 4) is 11.1 Å². The van der Waals surface area contributed by atoms with Crippen LogP contribution in [0.15, 0.2) is 54.6 Å². The second-order valence-electron chi connectivity index (χ2n) is 6.46. The fourth-order valence-corrected chi connectivity index (χ4v) is 2.77. The van der Waals surface area contributed by atoms with E-state index in [1.165, 1.54) is 0 Å². The highest BCUT2D eigenvalue weighted by Gasteiger charge is 2.30. The van der Waals surface area contributed by atoms with Gasteiger partial charge in [-0.1, -0.05) is 42.5 Å². The van der Waals surface area contributed by atoms with E-state index in [1.807, 2.05) is 30.3 Å². The van der Waals surface area contributed by atoms with Crippen molar-refractivity contribution in [3.05, 3.63) is 60.2 Å². The van der Waals surface area contributed by atoms with Crippen LogP contribution >= 0.6 is 0 Å². The molecule has 2 aromatic carbocycles. The van der Waals surface area contributed by atoms with Crippen LogP contribution in [-0.4, -0.2) is 57.8 Å². The third-order valence-electron chi connectivity index (χ3n) is 4.38. The molecular weight excluding hydrogens is 364 g/mol. The van der Waals surface area contributed by atoms with Gasteiger partial charge in [-0.05, 0) is 36.1 Å². The summed E-state index contributed by atoms with van der Waals surface area (Å²) in [7, 11) is 0. The topological polar surface area (TPSA) is 124 Å². The Morgan fingerprint density at radius 1 is 0.929 bits per heavy atom. The highest BCUT2D eigenvalue weighted by atomic mass is 16.5. The Balaban J connectivity index is 1.93. The zero-order valence-corrected chi connectivity index (χ0v) is 15.3. The van der Waals surface area contributed by atoms with Crippen LogP contribution in [0.3, 0.4) is 0 Å². The lowest BCUT2D eigenvalue weighted by Crippen LogP contribution is -2.35. The molecule has 3 unspecified atom stereocenters. The van der Waals surface area contributed by atoms with Gasteiger partial charge in [0.2, 0.25) is 0 Å². The molecule has 0 aliphatic rings. The number of carboxylic acids is 1. The van der Waals surface area contributed by atoms with Crippen molar-refractivity contribution in [1.82, 2.24) is 0 Å². The lowest BCUT2D eigenvalue weighted by atomic mass is 9.94. The number of carbonyl (C=O) groups is 2.